The molecular formula is C50H58O. The molecule has 0 bridgehead atoms. The number of unbranched alkanes of at least 4 members (excludes halogenated alkanes) is 2. The maximum Gasteiger partial charge on any atom is 0.119 e. The van der Waals surface area contributed by atoms with Crippen LogP contribution in [0.1, 0.15) is 103 Å². The SMILES string of the molecule is C#CC(CCC(=C)C=C)COc1ccc(C(c2ccc(CCCCC=C)cc2)C(c2ccc(C)cc2)c2ccc(CCC(C)CC=C)cc2)cc1. The van der Waals surface area contributed by atoms with Crippen molar-refractivity contribution in [2.45, 2.75) is 83.5 Å². The Labute approximate surface area is 309 Å². The Morgan fingerprint density at radius 1 is 0.706 bits per heavy atom. The van der Waals surface area contributed by atoms with Crippen LogP contribution in [0.3, 0.4) is 0 Å². The van der Waals surface area contributed by atoms with E-state index in [4.69, 9.17) is 11.2 Å². The number of hydrogen-bond donors (Lipinski definition) is 0. The lowest BCUT2D eigenvalue weighted by Gasteiger charge is -2.30. The predicted molar refractivity (Wildman–Crippen MR) is 221 cm³/mol. The third-order valence-corrected chi connectivity index (χ3v) is 10.1. The minimum atomic E-state index is 0.0171. The average Bonchev–Trinajstić information content (AvgIpc) is 3.16. The summed E-state index contributed by atoms with van der Waals surface area (Å²) >= 11 is 0. The second kappa shape index (κ2) is 20.8. The highest BCUT2D eigenvalue weighted by Crippen LogP contribution is 2.43. The van der Waals surface area contributed by atoms with E-state index in [1.165, 1.54) is 51.8 Å². The van der Waals surface area contributed by atoms with Crippen LogP contribution < -0.4 is 4.74 Å². The number of ether oxygens (including phenoxy) is 1. The van der Waals surface area contributed by atoms with E-state index < -0.39 is 0 Å². The Morgan fingerprint density at radius 2 is 1.24 bits per heavy atom. The van der Waals surface area contributed by atoms with E-state index in [0.29, 0.717) is 12.5 Å². The van der Waals surface area contributed by atoms with Gasteiger partial charge in [-0.25, -0.2) is 0 Å². The maximum absolute atomic E-state index is 6.24. The number of aryl methyl sites for hydroxylation is 3. The van der Waals surface area contributed by atoms with E-state index in [0.717, 1.165) is 56.3 Å². The fourth-order valence-electron chi connectivity index (χ4n) is 6.79. The number of rotatable bonds is 22. The summed E-state index contributed by atoms with van der Waals surface area (Å²) in [6.45, 7) is 20.6. The van der Waals surface area contributed by atoms with Crippen LogP contribution in [0, 0.1) is 31.1 Å². The van der Waals surface area contributed by atoms with Crippen LogP contribution in [0.5, 0.6) is 5.75 Å². The molecule has 0 saturated carbocycles. The molecule has 0 fully saturated rings. The molecular weight excluding hydrogens is 617 g/mol. The zero-order valence-electron chi connectivity index (χ0n) is 31.2. The zero-order valence-corrected chi connectivity index (χ0v) is 31.2. The van der Waals surface area contributed by atoms with Gasteiger partial charge in [0.05, 0.1) is 5.92 Å². The van der Waals surface area contributed by atoms with E-state index >= 15 is 0 Å². The minimum Gasteiger partial charge on any atom is -0.492 e. The Balaban J connectivity index is 1.69. The van der Waals surface area contributed by atoms with Gasteiger partial charge in [-0.1, -0.05) is 140 Å². The Kier molecular flexibility index (Phi) is 15.9. The number of hydrogen-bond acceptors (Lipinski definition) is 1. The quantitative estimate of drug-likeness (QED) is 0.0349. The summed E-state index contributed by atoms with van der Waals surface area (Å²) in [6, 6.07) is 36.5. The van der Waals surface area contributed by atoms with Gasteiger partial charge < -0.3 is 4.74 Å². The van der Waals surface area contributed by atoms with Crippen molar-refractivity contribution in [1.29, 1.82) is 0 Å². The van der Waals surface area contributed by atoms with Crippen molar-refractivity contribution in [3.8, 4) is 18.1 Å². The van der Waals surface area contributed by atoms with Crippen LogP contribution in [0.25, 0.3) is 0 Å². The molecule has 0 saturated heterocycles. The number of terminal acetylenes is 1. The first-order valence-corrected chi connectivity index (χ1v) is 18.8. The summed E-state index contributed by atoms with van der Waals surface area (Å²) in [5.41, 5.74) is 10.2. The molecule has 0 aliphatic carbocycles. The van der Waals surface area contributed by atoms with Crippen LogP contribution in [0.4, 0.5) is 0 Å². The molecule has 264 valence electrons. The molecule has 51 heavy (non-hydrogen) atoms. The van der Waals surface area contributed by atoms with Crippen LogP contribution >= 0.6 is 0 Å². The van der Waals surface area contributed by atoms with Crippen molar-refractivity contribution in [1.82, 2.24) is 0 Å². The third-order valence-electron chi connectivity index (χ3n) is 10.1. The molecule has 4 rings (SSSR count). The van der Waals surface area contributed by atoms with Crippen molar-refractivity contribution in [2.24, 2.45) is 11.8 Å². The molecule has 0 amide bonds. The van der Waals surface area contributed by atoms with Crippen molar-refractivity contribution in [3.05, 3.63) is 186 Å². The fraction of sp³-hybridized carbons (Fsp3) is 0.320. The Hall–Kier alpha value is -4.80. The van der Waals surface area contributed by atoms with Crippen molar-refractivity contribution in [2.75, 3.05) is 6.61 Å². The lowest BCUT2D eigenvalue weighted by Crippen LogP contribution is -2.15. The van der Waals surface area contributed by atoms with E-state index in [-0.39, 0.29) is 17.8 Å². The molecule has 1 heteroatoms. The highest BCUT2D eigenvalue weighted by atomic mass is 16.5. The lowest BCUT2D eigenvalue weighted by atomic mass is 9.73. The molecule has 0 N–H and O–H groups in total. The van der Waals surface area contributed by atoms with Crippen LogP contribution in [-0.2, 0) is 12.8 Å². The van der Waals surface area contributed by atoms with Gasteiger partial charge in [0.15, 0.2) is 0 Å². The Morgan fingerprint density at radius 3 is 1.75 bits per heavy atom. The molecule has 4 unspecified atom stereocenters. The summed E-state index contributed by atoms with van der Waals surface area (Å²) in [6.07, 6.45) is 21.1. The molecule has 4 aromatic rings. The Bertz CT molecular complexity index is 1700. The molecule has 0 radical (unpaired) electrons. The van der Waals surface area contributed by atoms with Gasteiger partial charge >= 0.3 is 0 Å². The van der Waals surface area contributed by atoms with Gasteiger partial charge in [0.1, 0.15) is 12.4 Å². The summed E-state index contributed by atoms with van der Waals surface area (Å²) in [5, 5.41) is 0. The summed E-state index contributed by atoms with van der Waals surface area (Å²) in [7, 11) is 0. The first-order valence-electron chi connectivity index (χ1n) is 18.8. The summed E-state index contributed by atoms with van der Waals surface area (Å²) in [4.78, 5) is 0. The van der Waals surface area contributed by atoms with Gasteiger partial charge in [-0.05, 0) is 116 Å². The van der Waals surface area contributed by atoms with Gasteiger partial charge in [0.25, 0.3) is 0 Å². The second-order valence-electron chi connectivity index (χ2n) is 14.2. The summed E-state index contributed by atoms with van der Waals surface area (Å²) in [5.74, 6) is 4.60. The van der Waals surface area contributed by atoms with E-state index in [9.17, 15) is 0 Å². The summed E-state index contributed by atoms with van der Waals surface area (Å²) < 4.78 is 6.24. The third kappa shape index (κ3) is 12.2. The molecule has 1 nitrogen and oxygen atoms in total. The van der Waals surface area contributed by atoms with Gasteiger partial charge in [0, 0.05) is 11.8 Å². The molecule has 0 aliphatic heterocycles. The molecule has 0 spiro atoms. The number of allylic oxidation sites excluding steroid dienone is 4. The zero-order chi connectivity index (χ0) is 36.4. The second-order valence-corrected chi connectivity index (χ2v) is 14.2. The standard InChI is InChI=1S/C50H58O/c1-8-12-13-14-16-42-23-29-45(30-24-42)50(47-33-35-48(36-34-47)51-37-41(11-4)21-17-38(5)10-3)49(44-27-19-40(7)20-28-44)46-31-25-43(26-32-46)22-18-39(6)15-9-2/h4,8-10,19-20,23-36,39,41,49-50H,1-3,5,12-18,21-22,37H2,6-7H3. The first kappa shape index (κ1) is 39.0. The minimum absolute atomic E-state index is 0.0171. The van der Waals surface area contributed by atoms with Crippen LogP contribution in [-0.4, -0.2) is 6.61 Å². The predicted octanol–water partition coefficient (Wildman–Crippen LogP) is 13.2. The van der Waals surface area contributed by atoms with Crippen LogP contribution in [0.2, 0.25) is 0 Å². The number of benzene rings is 4. The van der Waals surface area contributed by atoms with Crippen molar-refractivity contribution >= 4 is 0 Å². The van der Waals surface area contributed by atoms with Gasteiger partial charge in [-0.3, -0.25) is 0 Å². The van der Waals surface area contributed by atoms with E-state index in [2.05, 4.69) is 143 Å². The molecule has 0 heterocycles. The largest absolute Gasteiger partial charge is 0.492 e. The normalized spacial score (nSPS) is 13.3. The highest BCUT2D eigenvalue weighted by Gasteiger charge is 2.28. The highest BCUT2D eigenvalue weighted by molar-refractivity contribution is 5.47. The van der Waals surface area contributed by atoms with Crippen molar-refractivity contribution in [3.63, 3.8) is 0 Å². The topological polar surface area (TPSA) is 9.23 Å². The monoisotopic (exact) mass is 674 g/mol. The van der Waals surface area contributed by atoms with E-state index in [1.807, 2.05) is 12.2 Å². The van der Waals surface area contributed by atoms with Gasteiger partial charge in [-0.15, -0.1) is 19.6 Å². The fourth-order valence-corrected chi connectivity index (χ4v) is 6.79. The average molecular weight is 675 g/mol. The van der Waals surface area contributed by atoms with Gasteiger partial charge in [0.2, 0.25) is 0 Å². The van der Waals surface area contributed by atoms with E-state index in [1.54, 1.807) is 6.08 Å². The molecule has 0 aliphatic rings. The maximum atomic E-state index is 6.24. The van der Waals surface area contributed by atoms with Crippen LogP contribution in [0.15, 0.2) is 147 Å². The smallest absolute Gasteiger partial charge is 0.119 e. The van der Waals surface area contributed by atoms with Crippen molar-refractivity contribution < 1.29 is 4.74 Å². The molecule has 0 aromatic heterocycles. The molecule has 4 aromatic carbocycles. The van der Waals surface area contributed by atoms with Gasteiger partial charge in [-0.2, -0.15) is 0 Å². The molecule has 4 atom stereocenters. The first-order chi connectivity index (χ1) is 24.8. The lowest BCUT2D eigenvalue weighted by molar-refractivity contribution is 0.274.